The lowest BCUT2D eigenvalue weighted by Crippen LogP contribution is -2.51. The Hall–Kier alpha value is -1.41. The number of hydrogen-bond acceptors (Lipinski definition) is 2. The quantitative estimate of drug-likeness (QED) is 0.525. The van der Waals surface area contributed by atoms with Crippen LogP contribution in [-0.4, -0.2) is 29.0 Å². The van der Waals surface area contributed by atoms with Crippen molar-refractivity contribution in [1.82, 2.24) is 9.88 Å². The summed E-state index contributed by atoms with van der Waals surface area (Å²) in [5, 5.41) is 0. The number of hydrogen-bond donors (Lipinski definition) is 0. The molecule has 2 heterocycles. The van der Waals surface area contributed by atoms with Crippen molar-refractivity contribution >= 4 is 5.57 Å². The molecule has 2 nitrogen and oxygen atoms in total. The molecule has 2 saturated carbocycles. The zero-order valence-corrected chi connectivity index (χ0v) is 18.9. The monoisotopic (exact) mass is 402 g/mol. The van der Waals surface area contributed by atoms with E-state index in [-0.39, 0.29) is 0 Å². The van der Waals surface area contributed by atoms with Gasteiger partial charge in [0.2, 0.25) is 0 Å². The first kappa shape index (κ1) is 19.3. The van der Waals surface area contributed by atoms with Gasteiger partial charge in [0.25, 0.3) is 0 Å². The van der Waals surface area contributed by atoms with Gasteiger partial charge in [-0.2, -0.15) is 0 Å². The van der Waals surface area contributed by atoms with Gasteiger partial charge in [-0.25, -0.2) is 0 Å². The molecule has 30 heavy (non-hydrogen) atoms. The molecule has 0 radical (unpaired) electrons. The van der Waals surface area contributed by atoms with Crippen molar-refractivity contribution in [3.05, 3.63) is 47.8 Å². The van der Waals surface area contributed by atoms with E-state index in [2.05, 4.69) is 54.2 Å². The van der Waals surface area contributed by atoms with Crippen molar-refractivity contribution in [2.75, 3.05) is 13.1 Å². The summed E-state index contributed by atoms with van der Waals surface area (Å²) in [4.78, 5) is 7.24. The molecule has 1 aliphatic heterocycles. The Labute approximate surface area is 182 Å². The first-order valence-corrected chi connectivity index (χ1v) is 12.6. The van der Waals surface area contributed by atoms with Crippen LogP contribution >= 0.6 is 0 Å². The van der Waals surface area contributed by atoms with Crippen LogP contribution in [0.15, 0.2) is 42.3 Å². The molecule has 0 spiro atoms. The van der Waals surface area contributed by atoms with Crippen LogP contribution in [0, 0.1) is 28.6 Å². The molecule has 160 valence electrons. The Morgan fingerprint density at radius 1 is 0.967 bits per heavy atom. The van der Waals surface area contributed by atoms with Crippen molar-refractivity contribution in [3.63, 3.8) is 0 Å². The number of rotatable bonds is 2. The van der Waals surface area contributed by atoms with E-state index < -0.39 is 0 Å². The maximum absolute atomic E-state index is 4.43. The van der Waals surface area contributed by atoms with Gasteiger partial charge in [0, 0.05) is 18.4 Å². The molecule has 5 aliphatic rings. The first-order valence-electron chi connectivity index (χ1n) is 12.6. The first-order chi connectivity index (χ1) is 14.6. The molecule has 2 heteroatoms. The molecule has 0 amide bonds. The average molecular weight is 403 g/mol. The summed E-state index contributed by atoms with van der Waals surface area (Å²) in [5.41, 5.74) is 5.62. The molecule has 1 aromatic heterocycles. The van der Waals surface area contributed by atoms with Crippen molar-refractivity contribution in [3.8, 4) is 0 Å². The number of allylic oxidation sites excluding steroid dienone is 3. The summed E-state index contributed by atoms with van der Waals surface area (Å²) in [6, 6.07) is 5.22. The SMILES string of the molecule is C[C@]12CC[C@H](N3CCCC3)CC1=CC[C@@H]1[C@@H]2CC[C@]2(C)C(c3cccnc3)=CC[C@@H]12. The van der Waals surface area contributed by atoms with Crippen LogP contribution in [0.3, 0.4) is 0 Å². The Kier molecular flexibility index (Phi) is 4.53. The van der Waals surface area contributed by atoms with E-state index in [1.165, 1.54) is 76.4 Å². The highest BCUT2D eigenvalue weighted by Crippen LogP contribution is 2.66. The van der Waals surface area contributed by atoms with Crippen LogP contribution in [-0.2, 0) is 0 Å². The van der Waals surface area contributed by atoms with Crippen LogP contribution in [0.2, 0.25) is 0 Å². The second kappa shape index (κ2) is 7.05. The van der Waals surface area contributed by atoms with Crippen LogP contribution in [0.25, 0.3) is 5.57 Å². The fourth-order valence-electron chi connectivity index (χ4n) is 8.60. The van der Waals surface area contributed by atoms with Gasteiger partial charge in [-0.3, -0.25) is 4.98 Å². The number of aromatic nitrogens is 1. The van der Waals surface area contributed by atoms with E-state index in [0.717, 1.165) is 23.8 Å². The van der Waals surface area contributed by atoms with E-state index in [1.54, 1.807) is 5.57 Å². The summed E-state index contributed by atoms with van der Waals surface area (Å²) in [7, 11) is 0. The predicted molar refractivity (Wildman–Crippen MR) is 124 cm³/mol. The highest BCUT2D eigenvalue weighted by atomic mass is 15.2. The molecule has 1 aromatic rings. The number of likely N-dealkylation sites (tertiary alicyclic amines) is 1. The Morgan fingerprint density at radius 3 is 2.60 bits per heavy atom. The second-order valence-corrected chi connectivity index (χ2v) is 11.5. The van der Waals surface area contributed by atoms with E-state index in [1.807, 2.05) is 11.8 Å². The molecule has 4 aliphatic carbocycles. The Balaban J connectivity index is 1.26. The lowest BCUT2D eigenvalue weighted by atomic mass is 9.47. The minimum Gasteiger partial charge on any atom is -0.300 e. The summed E-state index contributed by atoms with van der Waals surface area (Å²) in [6.07, 6.45) is 21.7. The molecule has 1 saturated heterocycles. The third-order valence-electron chi connectivity index (χ3n) is 10.3. The molecule has 0 unspecified atom stereocenters. The molecule has 0 aromatic carbocycles. The summed E-state index contributed by atoms with van der Waals surface area (Å²) in [5.74, 6) is 2.58. The van der Waals surface area contributed by atoms with E-state index >= 15 is 0 Å². The largest absolute Gasteiger partial charge is 0.300 e. The third-order valence-corrected chi connectivity index (χ3v) is 10.3. The van der Waals surface area contributed by atoms with Crippen molar-refractivity contribution < 1.29 is 0 Å². The molecule has 6 rings (SSSR count). The lowest BCUT2D eigenvalue weighted by Gasteiger charge is -2.58. The van der Waals surface area contributed by atoms with Gasteiger partial charge in [0.05, 0.1) is 0 Å². The van der Waals surface area contributed by atoms with Gasteiger partial charge in [0.1, 0.15) is 0 Å². The minimum absolute atomic E-state index is 0.346. The Morgan fingerprint density at radius 2 is 1.80 bits per heavy atom. The van der Waals surface area contributed by atoms with E-state index in [0.29, 0.717) is 10.8 Å². The summed E-state index contributed by atoms with van der Waals surface area (Å²) >= 11 is 0. The molecule has 0 N–H and O–H groups in total. The van der Waals surface area contributed by atoms with Gasteiger partial charge in [-0.15, -0.1) is 0 Å². The topological polar surface area (TPSA) is 16.1 Å². The maximum atomic E-state index is 4.43. The summed E-state index contributed by atoms with van der Waals surface area (Å²) in [6.45, 7) is 7.93. The zero-order valence-electron chi connectivity index (χ0n) is 18.9. The Bertz CT molecular complexity index is 864. The molecule has 6 atom stereocenters. The van der Waals surface area contributed by atoms with Crippen LogP contribution in [0.4, 0.5) is 0 Å². The zero-order chi connectivity index (χ0) is 20.3. The smallest absolute Gasteiger partial charge is 0.0343 e. The van der Waals surface area contributed by atoms with Crippen LogP contribution in [0.1, 0.15) is 77.2 Å². The molecule has 3 fully saturated rings. The number of fused-ring (bicyclic) bond motifs is 5. The molecular weight excluding hydrogens is 364 g/mol. The van der Waals surface area contributed by atoms with Crippen molar-refractivity contribution in [1.29, 1.82) is 0 Å². The fraction of sp³-hybridized carbons (Fsp3) is 0.679. The minimum atomic E-state index is 0.346. The van der Waals surface area contributed by atoms with Crippen LogP contribution in [0.5, 0.6) is 0 Å². The van der Waals surface area contributed by atoms with Crippen LogP contribution < -0.4 is 0 Å². The van der Waals surface area contributed by atoms with Gasteiger partial charge in [0.15, 0.2) is 0 Å². The lowest BCUT2D eigenvalue weighted by molar-refractivity contribution is -0.0176. The van der Waals surface area contributed by atoms with Crippen molar-refractivity contribution in [2.24, 2.45) is 28.6 Å². The fourth-order valence-corrected chi connectivity index (χ4v) is 8.60. The molecule has 0 bridgehead atoms. The standard InChI is InChI=1S/C28H38N2/c1-27-13-11-22(30-16-3-4-17-30)18-21(27)7-8-23-25-10-9-24(20-6-5-15-29-19-20)28(25,2)14-12-26(23)27/h5-7,9,15,19,22-23,25-26H,3-4,8,10-14,16-18H2,1-2H3/t22-,23-,25-,26-,27-,28+/m0/s1. The van der Waals surface area contributed by atoms with Gasteiger partial charge in [-0.05, 0) is 117 Å². The average Bonchev–Trinajstić information content (AvgIpc) is 3.41. The number of nitrogens with zero attached hydrogens (tertiary/aromatic N) is 2. The second-order valence-electron chi connectivity index (χ2n) is 11.5. The summed E-state index contributed by atoms with van der Waals surface area (Å²) < 4.78 is 0. The maximum Gasteiger partial charge on any atom is 0.0343 e. The van der Waals surface area contributed by atoms with E-state index in [9.17, 15) is 0 Å². The predicted octanol–water partition coefficient (Wildman–Crippen LogP) is 6.50. The van der Waals surface area contributed by atoms with E-state index in [4.69, 9.17) is 0 Å². The van der Waals surface area contributed by atoms with Gasteiger partial charge < -0.3 is 4.90 Å². The van der Waals surface area contributed by atoms with Gasteiger partial charge >= 0.3 is 0 Å². The van der Waals surface area contributed by atoms with Gasteiger partial charge in [-0.1, -0.05) is 37.6 Å². The number of pyridine rings is 1. The molecular formula is C28H38N2. The highest BCUT2D eigenvalue weighted by molar-refractivity contribution is 5.72. The van der Waals surface area contributed by atoms with Crippen molar-refractivity contribution in [2.45, 2.75) is 77.7 Å². The highest BCUT2D eigenvalue weighted by Gasteiger charge is 2.57. The third kappa shape index (κ3) is 2.75. The normalized spacial score (nSPS) is 43.4.